The zero-order valence-corrected chi connectivity index (χ0v) is 10.9. The number of carbonyl (C=O) groups is 1. The minimum atomic E-state index is 0.145. The minimum Gasteiger partial charge on any atom is -0.338 e. The third-order valence-electron chi connectivity index (χ3n) is 4.91. The van der Waals surface area contributed by atoms with Crippen LogP contribution in [0.15, 0.2) is 0 Å². The molecule has 1 amide bonds. The van der Waals surface area contributed by atoms with Gasteiger partial charge < -0.3 is 10.6 Å². The average molecular weight is 224 g/mol. The Morgan fingerprint density at radius 2 is 1.75 bits per heavy atom. The van der Waals surface area contributed by atoms with E-state index in [1.165, 1.54) is 12.8 Å². The van der Waals surface area contributed by atoms with Gasteiger partial charge in [-0.15, -0.1) is 0 Å². The molecule has 0 aliphatic heterocycles. The molecule has 3 nitrogen and oxygen atoms in total. The van der Waals surface area contributed by atoms with E-state index in [2.05, 4.69) is 27.7 Å². The van der Waals surface area contributed by atoms with Gasteiger partial charge in [-0.1, -0.05) is 27.7 Å². The highest BCUT2D eigenvalue weighted by atomic mass is 16.2. The summed E-state index contributed by atoms with van der Waals surface area (Å²) in [5, 5.41) is 0. The molecule has 0 spiro atoms. The van der Waals surface area contributed by atoms with E-state index in [9.17, 15) is 4.79 Å². The van der Waals surface area contributed by atoms with Gasteiger partial charge in [0, 0.05) is 25.0 Å². The van der Waals surface area contributed by atoms with Crippen LogP contribution in [0.25, 0.3) is 0 Å². The molecule has 0 aromatic heterocycles. The number of amides is 1. The lowest BCUT2D eigenvalue weighted by atomic mass is 10.0. The first kappa shape index (κ1) is 11.9. The van der Waals surface area contributed by atoms with Gasteiger partial charge in [0.2, 0.25) is 5.91 Å². The molecule has 16 heavy (non-hydrogen) atoms. The summed E-state index contributed by atoms with van der Waals surface area (Å²) in [6, 6.07) is 0.489. The Morgan fingerprint density at radius 1 is 1.25 bits per heavy atom. The number of hydrogen-bond acceptors (Lipinski definition) is 2. The highest BCUT2D eigenvalue weighted by Crippen LogP contribution is 2.69. The Balaban J connectivity index is 2.07. The second-order valence-corrected chi connectivity index (χ2v) is 6.43. The van der Waals surface area contributed by atoms with Crippen molar-refractivity contribution in [1.82, 2.24) is 4.90 Å². The van der Waals surface area contributed by atoms with Crippen LogP contribution in [-0.4, -0.2) is 29.9 Å². The van der Waals surface area contributed by atoms with Crippen molar-refractivity contribution in [1.29, 1.82) is 0 Å². The molecule has 0 bridgehead atoms. The summed E-state index contributed by atoms with van der Waals surface area (Å²) < 4.78 is 0. The second-order valence-electron chi connectivity index (χ2n) is 6.43. The molecule has 0 heterocycles. The number of nitrogens with zero attached hydrogens (tertiary/aromatic N) is 1. The number of hydrogen-bond donors (Lipinski definition) is 1. The molecule has 92 valence electrons. The van der Waals surface area contributed by atoms with Crippen LogP contribution in [-0.2, 0) is 4.79 Å². The van der Waals surface area contributed by atoms with Crippen molar-refractivity contribution in [2.75, 3.05) is 13.1 Å². The quantitative estimate of drug-likeness (QED) is 0.788. The molecule has 0 radical (unpaired) electrons. The predicted octanol–water partition coefficient (Wildman–Crippen LogP) is 1.62. The van der Waals surface area contributed by atoms with Gasteiger partial charge in [-0.25, -0.2) is 0 Å². The molecule has 3 heteroatoms. The predicted molar refractivity (Wildman–Crippen MR) is 64.8 cm³/mol. The maximum absolute atomic E-state index is 12.5. The van der Waals surface area contributed by atoms with E-state index < -0.39 is 0 Å². The number of nitrogens with two attached hydrogens (primary N) is 1. The Labute approximate surface area is 98.4 Å². The maximum Gasteiger partial charge on any atom is 0.227 e. The SMILES string of the molecule is CC1(C)C(C(=O)N(CCN)C2CC2)C1(C)C. The highest BCUT2D eigenvalue weighted by molar-refractivity contribution is 5.84. The fourth-order valence-electron chi connectivity index (χ4n) is 2.98. The lowest BCUT2D eigenvalue weighted by molar-refractivity contribution is -0.134. The number of carbonyl (C=O) groups excluding carboxylic acids is 1. The van der Waals surface area contributed by atoms with E-state index in [4.69, 9.17) is 5.73 Å². The molecule has 2 aliphatic rings. The van der Waals surface area contributed by atoms with Gasteiger partial charge in [-0.05, 0) is 23.7 Å². The van der Waals surface area contributed by atoms with Crippen LogP contribution in [0.3, 0.4) is 0 Å². The summed E-state index contributed by atoms with van der Waals surface area (Å²) in [7, 11) is 0. The molecule has 0 saturated heterocycles. The van der Waals surface area contributed by atoms with E-state index in [1.54, 1.807) is 0 Å². The van der Waals surface area contributed by atoms with Crippen LogP contribution in [0.2, 0.25) is 0 Å². The van der Waals surface area contributed by atoms with Gasteiger partial charge in [0.15, 0.2) is 0 Å². The zero-order valence-electron chi connectivity index (χ0n) is 10.9. The topological polar surface area (TPSA) is 46.3 Å². The number of rotatable bonds is 4. The Kier molecular flexibility index (Phi) is 2.57. The molecule has 0 atom stereocenters. The zero-order chi connectivity index (χ0) is 12.1. The first-order valence-electron chi connectivity index (χ1n) is 6.34. The van der Waals surface area contributed by atoms with Gasteiger partial charge in [0.05, 0.1) is 0 Å². The minimum absolute atomic E-state index is 0.145. The molecule has 2 rings (SSSR count). The average Bonchev–Trinajstić information content (AvgIpc) is 3.01. The Morgan fingerprint density at radius 3 is 2.06 bits per heavy atom. The summed E-state index contributed by atoms with van der Waals surface area (Å²) in [6.07, 6.45) is 2.33. The molecule has 2 saturated carbocycles. The van der Waals surface area contributed by atoms with Crippen LogP contribution in [0.4, 0.5) is 0 Å². The van der Waals surface area contributed by atoms with Crippen molar-refractivity contribution in [2.24, 2.45) is 22.5 Å². The van der Waals surface area contributed by atoms with Crippen molar-refractivity contribution in [3.05, 3.63) is 0 Å². The first-order valence-corrected chi connectivity index (χ1v) is 6.34. The molecule has 2 N–H and O–H groups in total. The van der Waals surface area contributed by atoms with Crippen molar-refractivity contribution < 1.29 is 4.79 Å². The summed E-state index contributed by atoms with van der Waals surface area (Å²) >= 11 is 0. The van der Waals surface area contributed by atoms with E-state index >= 15 is 0 Å². The summed E-state index contributed by atoms with van der Waals surface area (Å²) in [5.74, 6) is 0.523. The second kappa shape index (κ2) is 3.46. The fourth-order valence-corrected chi connectivity index (χ4v) is 2.98. The molecule has 0 unspecified atom stereocenters. The Hall–Kier alpha value is -0.570. The van der Waals surface area contributed by atoms with Gasteiger partial charge >= 0.3 is 0 Å². The van der Waals surface area contributed by atoms with Gasteiger partial charge in [0.1, 0.15) is 0 Å². The lowest BCUT2D eigenvalue weighted by Gasteiger charge is -2.22. The standard InChI is InChI=1S/C13H24N2O/c1-12(2)10(13(12,3)4)11(16)15(8-7-14)9-5-6-9/h9-10H,5-8,14H2,1-4H3. The fraction of sp³-hybridized carbons (Fsp3) is 0.923. The third-order valence-corrected chi connectivity index (χ3v) is 4.91. The van der Waals surface area contributed by atoms with Gasteiger partial charge in [-0.2, -0.15) is 0 Å². The summed E-state index contributed by atoms with van der Waals surface area (Å²) in [5.41, 5.74) is 5.88. The lowest BCUT2D eigenvalue weighted by Crippen LogP contribution is -2.39. The molecule has 2 fully saturated rings. The largest absolute Gasteiger partial charge is 0.338 e. The van der Waals surface area contributed by atoms with Crippen LogP contribution in [0.1, 0.15) is 40.5 Å². The molecule has 0 aromatic carbocycles. The molecular formula is C13H24N2O. The van der Waals surface area contributed by atoms with E-state index in [-0.39, 0.29) is 16.7 Å². The van der Waals surface area contributed by atoms with Crippen molar-refractivity contribution in [3.63, 3.8) is 0 Å². The van der Waals surface area contributed by atoms with Gasteiger partial charge in [-0.3, -0.25) is 4.79 Å². The summed E-state index contributed by atoms with van der Waals surface area (Å²) in [6.45, 7) is 10.1. The van der Waals surface area contributed by atoms with Crippen molar-refractivity contribution in [2.45, 2.75) is 46.6 Å². The normalized spacial score (nSPS) is 26.6. The Bertz CT molecular complexity index is 291. The molecule has 2 aliphatic carbocycles. The molecule has 0 aromatic rings. The summed E-state index contributed by atoms with van der Waals surface area (Å²) in [4.78, 5) is 14.5. The van der Waals surface area contributed by atoms with Crippen LogP contribution >= 0.6 is 0 Å². The van der Waals surface area contributed by atoms with Crippen molar-refractivity contribution in [3.8, 4) is 0 Å². The van der Waals surface area contributed by atoms with E-state index in [0.29, 0.717) is 18.5 Å². The van der Waals surface area contributed by atoms with E-state index in [0.717, 1.165) is 6.54 Å². The highest BCUT2D eigenvalue weighted by Gasteiger charge is 2.69. The van der Waals surface area contributed by atoms with Crippen LogP contribution in [0.5, 0.6) is 0 Å². The third kappa shape index (κ3) is 1.56. The van der Waals surface area contributed by atoms with Crippen LogP contribution < -0.4 is 5.73 Å². The maximum atomic E-state index is 12.5. The van der Waals surface area contributed by atoms with Crippen LogP contribution in [0, 0.1) is 16.7 Å². The first-order chi connectivity index (χ1) is 7.34. The smallest absolute Gasteiger partial charge is 0.227 e. The van der Waals surface area contributed by atoms with E-state index in [1.807, 2.05) is 4.90 Å². The molecular weight excluding hydrogens is 200 g/mol. The van der Waals surface area contributed by atoms with Crippen molar-refractivity contribution >= 4 is 5.91 Å². The van der Waals surface area contributed by atoms with Gasteiger partial charge in [0.25, 0.3) is 0 Å². The monoisotopic (exact) mass is 224 g/mol.